The summed E-state index contributed by atoms with van der Waals surface area (Å²) in [5, 5.41) is 9.49. The molecular formula is C30H40N6O3. The van der Waals surface area contributed by atoms with E-state index < -0.39 is 0 Å². The predicted octanol–water partition coefficient (Wildman–Crippen LogP) is 2.89. The van der Waals surface area contributed by atoms with E-state index in [1.54, 1.807) is 4.57 Å². The van der Waals surface area contributed by atoms with E-state index in [-0.39, 0.29) is 17.9 Å². The molecule has 0 spiro atoms. The highest BCUT2D eigenvalue weighted by Gasteiger charge is 2.22. The van der Waals surface area contributed by atoms with E-state index in [0.29, 0.717) is 62.4 Å². The summed E-state index contributed by atoms with van der Waals surface area (Å²) in [6.07, 6.45) is 2.77. The molecule has 0 bridgehead atoms. The molecule has 9 heteroatoms. The first-order valence-electron chi connectivity index (χ1n) is 13.9. The number of nitrogen functional groups attached to an aromatic ring is 1. The average molecular weight is 533 g/mol. The van der Waals surface area contributed by atoms with Crippen LogP contribution in [0.15, 0.2) is 64.2 Å². The Labute approximate surface area is 229 Å². The maximum absolute atomic E-state index is 13.9. The number of imidazole rings is 1. The second-order valence-corrected chi connectivity index (χ2v) is 9.91. The highest BCUT2D eigenvalue weighted by atomic mass is 16.3. The smallest absolute Gasteiger partial charge is 0.332 e. The highest BCUT2D eigenvalue weighted by molar-refractivity contribution is 5.71. The van der Waals surface area contributed by atoms with Crippen LogP contribution in [0.3, 0.4) is 0 Å². The van der Waals surface area contributed by atoms with Crippen LogP contribution in [0.4, 0.5) is 5.69 Å². The van der Waals surface area contributed by atoms with E-state index in [2.05, 4.69) is 11.8 Å². The van der Waals surface area contributed by atoms with Gasteiger partial charge in [0.05, 0.1) is 6.61 Å². The fourth-order valence-electron chi connectivity index (χ4n) is 4.94. The third kappa shape index (κ3) is 6.66. The predicted molar refractivity (Wildman–Crippen MR) is 156 cm³/mol. The van der Waals surface area contributed by atoms with Crippen LogP contribution in [0.5, 0.6) is 0 Å². The molecule has 2 heterocycles. The number of rotatable bonds is 14. The first kappa shape index (κ1) is 28.3. The monoisotopic (exact) mass is 532 g/mol. The fraction of sp³-hybridized carbons (Fsp3) is 0.433. The molecule has 0 fully saturated rings. The number of hydrogen-bond donors (Lipinski definition) is 2. The molecule has 0 aliphatic heterocycles. The van der Waals surface area contributed by atoms with Crippen molar-refractivity contribution >= 4 is 16.9 Å². The first-order valence-corrected chi connectivity index (χ1v) is 13.9. The number of likely N-dealkylation sites (N-methyl/N-ethyl adjacent to an activating group) is 1. The highest BCUT2D eigenvalue weighted by Crippen LogP contribution is 2.17. The van der Waals surface area contributed by atoms with Gasteiger partial charge < -0.3 is 15.4 Å². The van der Waals surface area contributed by atoms with Crippen molar-refractivity contribution in [1.82, 2.24) is 23.6 Å². The van der Waals surface area contributed by atoms with Gasteiger partial charge in [0.1, 0.15) is 5.82 Å². The van der Waals surface area contributed by atoms with Crippen molar-refractivity contribution in [1.29, 1.82) is 0 Å². The van der Waals surface area contributed by atoms with E-state index in [9.17, 15) is 14.7 Å². The fourth-order valence-corrected chi connectivity index (χ4v) is 4.94. The maximum Gasteiger partial charge on any atom is 0.332 e. The number of aryl methyl sites for hydroxylation is 2. The van der Waals surface area contributed by atoms with Gasteiger partial charge >= 0.3 is 5.69 Å². The van der Waals surface area contributed by atoms with Crippen LogP contribution >= 0.6 is 0 Å². The Morgan fingerprint density at radius 3 is 2.28 bits per heavy atom. The summed E-state index contributed by atoms with van der Waals surface area (Å²) in [6.45, 7) is 7.48. The Morgan fingerprint density at radius 2 is 1.62 bits per heavy atom. The summed E-state index contributed by atoms with van der Waals surface area (Å²) in [7, 11) is 0. The van der Waals surface area contributed by atoms with Gasteiger partial charge in [0.15, 0.2) is 11.2 Å². The molecule has 0 aliphatic rings. The second-order valence-electron chi connectivity index (χ2n) is 9.91. The lowest BCUT2D eigenvalue weighted by Gasteiger charge is -2.20. The van der Waals surface area contributed by atoms with E-state index in [4.69, 9.17) is 10.7 Å². The van der Waals surface area contributed by atoms with Crippen LogP contribution in [-0.4, -0.2) is 54.9 Å². The van der Waals surface area contributed by atoms with Gasteiger partial charge in [-0.2, -0.15) is 0 Å². The van der Waals surface area contributed by atoms with Gasteiger partial charge in [0.25, 0.3) is 5.56 Å². The number of unbranched alkanes of at least 4 members (excludes halogenated alkanes) is 1. The zero-order chi connectivity index (χ0) is 27.8. The van der Waals surface area contributed by atoms with E-state index in [0.717, 1.165) is 36.3 Å². The van der Waals surface area contributed by atoms with Crippen LogP contribution in [-0.2, 0) is 32.5 Å². The quantitative estimate of drug-likeness (QED) is 0.242. The third-order valence-electron chi connectivity index (χ3n) is 7.24. The Balaban J connectivity index is 1.86. The molecule has 0 amide bonds. The number of anilines is 1. The number of aliphatic hydroxyl groups excluding tert-OH is 1. The zero-order valence-electron chi connectivity index (χ0n) is 23.1. The number of nitrogens with zero attached hydrogens (tertiary/aromatic N) is 5. The molecule has 4 aromatic rings. The Morgan fingerprint density at radius 1 is 0.872 bits per heavy atom. The Bertz CT molecular complexity index is 1470. The normalized spacial score (nSPS) is 11.6. The number of aliphatic hydroxyl groups is 1. The molecule has 2 aromatic carbocycles. The topological polar surface area (TPSA) is 111 Å². The van der Waals surface area contributed by atoms with Crippen LogP contribution in [0.1, 0.15) is 43.6 Å². The Hall–Kier alpha value is -3.69. The van der Waals surface area contributed by atoms with Crippen molar-refractivity contribution < 1.29 is 5.11 Å². The lowest BCUT2D eigenvalue weighted by Crippen LogP contribution is -2.41. The van der Waals surface area contributed by atoms with Gasteiger partial charge in [0.2, 0.25) is 0 Å². The number of benzene rings is 2. The molecule has 0 atom stereocenters. The van der Waals surface area contributed by atoms with Crippen molar-refractivity contribution in [3.05, 3.63) is 92.4 Å². The van der Waals surface area contributed by atoms with Gasteiger partial charge in [-0.1, -0.05) is 62.7 Å². The molecule has 0 unspecified atom stereocenters. The van der Waals surface area contributed by atoms with E-state index in [1.807, 2.05) is 66.1 Å². The summed E-state index contributed by atoms with van der Waals surface area (Å²) in [5.41, 5.74) is 8.98. The van der Waals surface area contributed by atoms with Gasteiger partial charge in [-0.3, -0.25) is 18.8 Å². The molecule has 9 nitrogen and oxygen atoms in total. The molecule has 0 saturated heterocycles. The zero-order valence-corrected chi connectivity index (χ0v) is 23.1. The van der Waals surface area contributed by atoms with Gasteiger partial charge in [-0.25, -0.2) is 9.78 Å². The summed E-state index contributed by atoms with van der Waals surface area (Å²) in [5.74, 6) is 0.752. The van der Waals surface area contributed by atoms with Gasteiger partial charge in [-0.05, 0) is 42.6 Å². The largest absolute Gasteiger partial charge is 0.399 e. The maximum atomic E-state index is 13.9. The minimum Gasteiger partial charge on any atom is -0.399 e. The molecule has 4 rings (SSSR count). The molecule has 208 valence electrons. The first-order chi connectivity index (χ1) is 19.0. The number of aromatic nitrogens is 4. The SMILES string of the molecule is CCCCn1c(=O)c2c(nc(Cc3ccccc3)n2CCN(CC)CCO)n(CCc2ccc(N)cc2)c1=O. The molecule has 0 radical (unpaired) electrons. The van der Waals surface area contributed by atoms with E-state index >= 15 is 0 Å². The van der Waals surface area contributed by atoms with Crippen molar-refractivity contribution in [3.8, 4) is 0 Å². The molecule has 0 saturated carbocycles. The minimum absolute atomic E-state index is 0.0733. The number of hydrogen-bond acceptors (Lipinski definition) is 6. The van der Waals surface area contributed by atoms with Crippen LogP contribution < -0.4 is 17.0 Å². The van der Waals surface area contributed by atoms with Gasteiger partial charge in [0, 0.05) is 44.8 Å². The molecular weight excluding hydrogens is 492 g/mol. The lowest BCUT2D eigenvalue weighted by molar-refractivity contribution is 0.197. The summed E-state index contributed by atoms with van der Waals surface area (Å²) >= 11 is 0. The van der Waals surface area contributed by atoms with Crippen molar-refractivity contribution in [2.45, 2.75) is 59.2 Å². The second kappa shape index (κ2) is 13.4. The van der Waals surface area contributed by atoms with Crippen molar-refractivity contribution in [2.75, 3.05) is 32.0 Å². The minimum atomic E-state index is -0.317. The Kier molecular flexibility index (Phi) is 9.73. The molecule has 2 aromatic heterocycles. The van der Waals surface area contributed by atoms with Crippen LogP contribution in [0.2, 0.25) is 0 Å². The third-order valence-corrected chi connectivity index (χ3v) is 7.24. The summed E-state index contributed by atoms with van der Waals surface area (Å²) in [6, 6.07) is 17.7. The molecule has 39 heavy (non-hydrogen) atoms. The van der Waals surface area contributed by atoms with Crippen LogP contribution in [0, 0.1) is 0 Å². The van der Waals surface area contributed by atoms with Crippen molar-refractivity contribution in [3.63, 3.8) is 0 Å². The van der Waals surface area contributed by atoms with Crippen molar-refractivity contribution in [2.24, 2.45) is 0 Å². The number of fused-ring (bicyclic) bond motifs is 1. The molecule has 0 aliphatic carbocycles. The van der Waals surface area contributed by atoms with E-state index in [1.165, 1.54) is 4.57 Å². The number of nitrogens with two attached hydrogens (primary N) is 1. The summed E-state index contributed by atoms with van der Waals surface area (Å²) in [4.78, 5) is 34.6. The van der Waals surface area contributed by atoms with Gasteiger partial charge in [-0.15, -0.1) is 0 Å². The lowest BCUT2D eigenvalue weighted by atomic mass is 10.1. The standard InChI is InChI=1S/C30H40N6O3/c1-3-5-16-36-29(38)27-28(35(30(36)39)17-15-23-11-13-25(31)14-12-23)32-26(22-24-9-7-6-8-10-24)34(27)19-18-33(4-2)20-21-37/h6-14,37H,3-5,15-22,31H2,1-2H3. The van der Waals surface area contributed by atoms with Crippen LogP contribution in [0.25, 0.3) is 11.2 Å². The average Bonchev–Trinajstić information content (AvgIpc) is 3.30. The molecule has 3 N–H and O–H groups in total. The summed E-state index contributed by atoms with van der Waals surface area (Å²) < 4.78 is 5.04.